The van der Waals surface area contributed by atoms with Crippen LogP contribution in [0.2, 0.25) is 0 Å². The highest BCUT2D eigenvalue weighted by molar-refractivity contribution is 7.09. The maximum Gasteiger partial charge on any atom is 0.0961 e. The first-order chi connectivity index (χ1) is 7.78. The predicted octanol–water partition coefficient (Wildman–Crippen LogP) is 1.98. The lowest BCUT2D eigenvalue weighted by molar-refractivity contribution is 0.161. The van der Waals surface area contributed by atoms with E-state index in [1.165, 1.54) is 30.7 Å². The number of hydrogen-bond donors (Lipinski definition) is 1. The smallest absolute Gasteiger partial charge is 0.0961 e. The molecule has 0 amide bonds. The second-order valence-corrected chi connectivity index (χ2v) is 5.94. The zero-order valence-electron chi connectivity index (χ0n) is 9.59. The number of aromatic nitrogens is 1. The van der Waals surface area contributed by atoms with Crippen LogP contribution in [-0.4, -0.2) is 34.1 Å². The molecule has 2 atom stereocenters. The third kappa shape index (κ3) is 1.69. The fourth-order valence-corrected chi connectivity index (χ4v) is 4.13. The predicted molar refractivity (Wildman–Crippen MR) is 64.6 cm³/mol. The SMILES string of the molecule is CN1C2CCC1CC(c1nc(CO)cs1)C2. The molecule has 3 heterocycles. The zero-order chi connectivity index (χ0) is 11.1. The summed E-state index contributed by atoms with van der Waals surface area (Å²) in [7, 11) is 2.26. The van der Waals surface area contributed by atoms with Crippen LogP contribution in [0.5, 0.6) is 0 Å². The van der Waals surface area contributed by atoms with Crippen molar-refractivity contribution >= 4 is 11.3 Å². The standard InChI is InChI=1S/C12H18N2OS/c1-14-10-2-3-11(14)5-8(4-10)12-13-9(6-15)7-16-12/h7-8,10-11,15H,2-6H2,1H3. The monoisotopic (exact) mass is 238 g/mol. The minimum Gasteiger partial charge on any atom is -0.390 e. The Labute approximate surface area is 100 Å². The van der Waals surface area contributed by atoms with Crippen molar-refractivity contribution in [3.63, 3.8) is 0 Å². The Balaban J connectivity index is 1.77. The molecule has 3 nitrogen and oxygen atoms in total. The molecule has 0 spiro atoms. The number of thiazole rings is 1. The minimum atomic E-state index is 0.0793. The second kappa shape index (κ2) is 4.09. The van der Waals surface area contributed by atoms with Gasteiger partial charge in [0.25, 0.3) is 0 Å². The molecule has 1 N–H and O–H groups in total. The van der Waals surface area contributed by atoms with Crippen LogP contribution < -0.4 is 0 Å². The highest BCUT2D eigenvalue weighted by Gasteiger charge is 2.39. The Hall–Kier alpha value is -0.450. The molecule has 2 unspecified atom stereocenters. The Morgan fingerprint density at radius 1 is 1.44 bits per heavy atom. The maximum atomic E-state index is 9.04. The number of fused-ring (bicyclic) bond motifs is 2. The van der Waals surface area contributed by atoms with Crippen molar-refractivity contribution in [2.45, 2.75) is 50.3 Å². The van der Waals surface area contributed by atoms with Gasteiger partial charge in [-0.05, 0) is 32.7 Å². The van der Waals surface area contributed by atoms with Crippen LogP contribution in [0.4, 0.5) is 0 Å². The summed E-state index contributed by atoms with van der Waals surface area (Å²) in [5, 5.41) is 12.3. The van der Waals surface area contributed by atoms with Gasteiger partial charge in [0.2, 0.25) is 0 Å². The van der Waals surface area contributed by atoms with Crippen LogP contribution in [-0.2, 0) is 6.61 Å². The van der Waals surface area contributed by atoms with Gasteiger partial charge in [0, 0.05) is 23.4 Å². The lowest BCUT2D eigenvalue weighted by Gasteiger charge is -2.35. The van der Waals surface area contributed by atoms with Crippen LogP contribution in [0, 0.1) is 0 Å². The van der Waals surface area contributed by atoms with Crippen molar-refractivity contribution in [3.05, 3.63) is 16.1 Å². The van der Waals surface area contributed by atoms with Gasteiger partial charge in [-0.25, -0.2) is 4.98 Å². The van der Waals surface area contributed by atoms with E-state index in [1.54, 1.807) is 11.3 Å². The molecule has 2 aliphatic heterocycles. The van der Waals surface area contributed by atoms with Crippen molar-refractivity contribution in [3.8, 4) is 0 Å². The van der Waals surface area contributed by atoms with E-state index in [2.05, 4.69) is 16.9 Å². The van der Waals surface area contributed by atoms with Gasteiger partial charge in [-0.3, -0.25) is 0 Å². The molecular weight excluding hydrogens is 220 g/mol. The van der Waals surface area contributed by atoms with Gasteiger partial charge in [-0.2, -0.15) is 0 Å². The molecule has 2 fully saturated rings. The zero-order valence-corrected chi connectivity index (χ0v) is 10.4. The maximum absolute atomic E-state index is 9.04. The van der Waals surface area contributed by atoms with Crippen LogP contribution in [0.15, 0.2) is 5.38 Å². The van der Waals surface area contributed by atoms with Gasteiger partial charge in [-0.15, -0.1) is 11.3 Å². The molecule has 0 saturated carbocycles. The van der Waals surface area contributed by atoms with E-state index in [0.29, 0.717) is 5.92 Å². The molecule has 4 heteroatoms. The summed E-state index contributed by atoms with van der Waals surface area (Å²) in [6.07, 6.45) is 5.22. The molecule has 3 rings (SSSR count). The van der Waals surface area contributed by atoms with Crippen LogP contribution >= 0.6 is 11.3 Å². The van der Waals surface area contributed by atoms with Gasteiger partial charge in [-0.1, -0.05) is 0 Å². The van der Waals surface area contributed by atoms with E-state index in [9.17, 15) is 0 Å². The number of rotatable bonds is 2. The fourth-order valence-electron chi connectivity index (χ4n) is 3.20. The van der Waals surface area contributed by atoms with Crippen molar-refractivity contribution in [1.29, 1.82) is 0 Å². The van der Waals surface area contributed by atoms with Gasteiger partial charge >= 0.3 is 0 Å². The highest BCUT2D eigenvalue weighted by Crippen LogP contribution is 2.42. The quantitative estimate of drug-likeness (QED) is 0.856. The van der Waals surface area contributed by atoms with Crippen LogP contribution in [0.1, 0.15) is 42.3 Å². The van der Waals surface area contributed by atoms with Crippen LogP contribution in [0.3, 0.4) is 0 Å². The van der Waals surface area contributed by atoms with E-state index in [0.717, 1.165) is 17.8 Å². The normalized spacial score (nSPS) is 34.5. The molecule has 2 saturated heterocycles. The molecule has 2 bridgehead atoms. The van der Waals surface area contributed by atoms with Gasteiger partial charge in [0.1, 0.15) is 0 Å². The van der Waals surface area contributed by atoms with E-state index >= 15 is 0 Å². The lowest BCUT2D eigenvalue weighted by atomic mass is 9.92. The summed E-state index contributed by atoms with van der Waals surface area (Å²) in [5.41, 5.74) is 0.839. The number of aliphatic hydroxyl groups excluding tert-OH is 1. The first-order valence-electron chi connectivity index (χ1n) is 6.05. The summed E-state index contributed by atoms with van der Waals surface area (Å²) in [6, 6.07) is 1.54. The Bertz CT molecular complexity index is 365. The van der Waals surface area contributed by atoms with E-state index in [4.69, 9.17) is 5.11 Å². The van der Waals surface area contributed by atoms with Crippen molar-refractivity contribution < 1.29 is 5.11 Å². The largest absolute Gasteiger partial charge is 0.390 e. The third-order valence-corrected chi connectivity index (χ3v) is 5.24. The molecule has 2 aliphatic rings. The molecule has 16 heavy (non-hydrogen) atoms. The average molecular weight is 238 g/mol. The second-order valence-electron chi connectivity index (χ2n) is 5.05. The Kier molecular flexibility index (Phi) is 2.73. The summed E-state index contributed by atoms with van der Waals surface area (Å²) < 4.78 is 0. The fraction of sp³-hybridized carbons (Fsp3) is 0.750. The number of aliphatic hydroxyl groups is 1. The highest BCUT2D eigenvalue weighted by atomic mass is 32.1. The van der Waals surface area contributed by atoms with Crippen molar-refractivity contribution in [1.82, 2.24) is 9.88 Å². The Morgan fingerprint density at radius 3 is 2.69 bits per heavy atom. The molecule has 0 aromatic carbocycles. The molecule has 88 valence electrons. The average Bonchev–Trinajstić information content (AvgIpc) is 2.82. The Morgan fingerprint density at radius 2 is 2.12 bits per heavy atom. The molecule has 0 aliphatic carbocycles. The van der Waals surface area contributed by atoms with Gasteiger partial charge in [0.05, 0.1) is 17.3 Å². The van der Waals surface area contributed by atoms with Gasteiger partial charge in [0.15, 0.2) is 0 Å². The summed E-state index contributed by atoms with van der Waals surface area (Å²) >= 11 is 1.72. The summed E-state index contributed by atoms with van der Waals surface area (Å²) in [6.45, 7) is 0.0793. The minimum absolute atomic E-state index is 0.0793. The van der Waals surface area contributed by atoms with Gasteiger partial charge < -0.3 is 10.0 Å². The van der Waals surface area contributed by atoms with Crippen molar-refractivity contribution in [2.24, 2.45) is 0 Å². The first-order valence-corrected chi connectivity index (χ1v) is 6.93. The van der Waals surface area contributed by atoms with E-state index in [-0.39, 0.29) is 6.61 Å². The molecule has 1 aromatic rings. The molecule has 1 aromatic heterocycles. The summed E-state index contributed by atoms with van der Waals surface area (Å²) in [4.78, 5) is 7.08. The van der Waals surface area contributed by atoms with Crippen LogP contribution in [0.25, 0.3) is 0 Å². The van der Waals surface area contributed by atoms with E-state index in [1.807, 2.05) is 5.38 Å². The topological polar surface area (TPSA) is 36.4 Å². The van der Waals surface area contributed by atoms with Crippen molar-refractivity contribution in [2.75, 3.05) is 7.05 Å². The van der Waals surface area contributed by atoms with E-state index < -0.39 is 0 Å². The number of nitrogens with zero attached hydrogens (tertiary/aromatic N) is 2. The third-order valence-electron chi connectivity index (χ3n) is 4.18. The molecule has 0 radical (unpaired) electrons. The number of hydrogen-bond acceptors (Lipinski definition) is 4. The first kappa shape index (κ1) is 10.7. The molecular formula is C12H18N2OS. The summed E-state index contributed by atoms with van der Waals surface area (Å²) in [5.74, 6) is 0.638. The lowest BCUT2D eigenvalue weighted by Crippen LogP contribution is -2.39. The number of piperidine rings is 1.